The zero-order chi connectivity index (χ0) is 22.5. The van der Waals surface area contributed by atoms with Crippen LogP contribution in [0.4, 0.5) is 0 Å². The molecule has 0 radical (unpaired) electrons. The first kappa shape index (κ1) is 24.2. The fraction of sp³-hybridized carbons (Fsp3) is 0.458. The van der Waals surface area contributed by atoms with Crippen LogP contribution in [-0.2, 0) is 19.2 Å². The van der Waals surface area contributed by atoms with Crippen LogP contribution in [0, 0.1) is 0 Å². The quantitative estimate of drug-likeness (QED) is 0.213. The molecule has 3 amide bonds. The van der Waals surface area contributed by atoms with E-state index in [1.54, 1.807) is 0 Å². The first-order valence-corrected chi connectivity index (χ1v) is 11.0. The Morgan fingerprint density at radius 2 is 1.52 bits per heavy atom. The lowest BCUT2D eigenvalue weighted by molar-refractivity contribution is -0.137. The van der Waals surface area contributed by atoms with Crippen LogP contribution in [0.15, 0.2) is 47.6 Å². The molecule has 0 spiro atoms. The largest absolute Gasteiger partial charge is 0.300 e. The fourth-order valence-corrected chi connectivity index (χ4v) is 3.26. The van der Waals surface area contributed by atoms with Crippen LogP contribution in [0.1, 0.15) is 70.3 Å². The number of hydrogen-bond acceptors (Lipinski definition) is 5. The van der Waals surface area contributed by atoms with E-state index in [0.29, 0.717) is 45.1 Å². The van der Waals surface area contributed by atoms with Crippen molar-refractivity contribution in [2.45, 2.75) is 64.7 Å². The van der Waals surface area contributed by atoms with Crippen molar-refractivity contribution < 1.29 is 19.2 Å². The van der Waals surface area contributed by atoms with Crippen LogP contribution >= 0.6 is 0 Å². The number of nitrogens with one attached hydrogen (secondary N) is 1. The Morgan fingerprint density at radius 1 is 0.871 bits per heavy atom. The maximum Gasteiger partial charge on any atom is 0.253 e. The summed E-state index contributed by atoms with van der Waals surface area (Å²) >= 11 is 0. The van der Waals surface area contributed by atoms with Gasteiger partial charge in [-0.1, -0.05) is 43.7 Å². The van der Waals surface area contributed by atoms with Crippen LogP contribution in [0.3, 0.4) is 0 Å². The molecular weight excluding hydrogens is 394 g/mol. The summed E-state index contributed by atoms with van der Waals surface area (Å²) in [7, 11) is 0. The Kier molecular flexibility index (Phi) is 10.3. The van der Waals surface area contributed by atoms with E-state index in [1.165, 1.54) is 17.1 Å². The van der Waals surface area contributed by atoms with E-state index in [2.05, 4.69) is 10.5 Å². The average molecular weight is 426 g/mol. The topological polar surface area (TPSA) is 95.9 Å². The van der Waals surface area contributed by atoms with Crippen molar-refractivity contribution in [3.8, 4) is 0 Å². The van der Waals surface area contributed by atoms with Crippen molar-refractivity contribution in [1.82, 2.24) is 10.3 Å². The molecule has 1 aromatic rings. The minimum atomic E-state index is -0.274. The Labute approximate surface area is 183 Å². The molecule has 7 nitrogen and oxygen atoms in total. The van der Waals surface area contributed by atoms with Crippen LogP contribution in [0.2, 0.25) is 0 Å². The Balaban J connectivity index is 1.74. The van der Waals surface area contributed by atoms with Crippen molar-refractivity contribution in [2.24, 2.45) is 5.10 Å². The molecule has 0 atom stereocenters. The molecule has 0 saturated carbocycles. The van der Waals surface area contributed by atoms with Gasteiger partial charge in [0.15, 0.2) is 0 Å². The van der Waals surface area contributed by atoms with E-state index in [9.17, 15) is 19.2 Å². The second-order valence-electron chi connectivity index (χ2n) is 7.53. The predicted molar refractivity (Wildman–Crippen MR) is 119 cm³/mol. The summed E-state index contributed by atoms with van der Waals surface area (Å²) in [6.45, 7) is 2.25. The molecule has 1 aliphatic heterocycles. The van der Waals surface area contributed by atoms with E-state index in [0.717, 1.165) is 30.5 Å². The third-order valence-electron chi connectivity index (χ3n) is 5.12. The summed E-state index contributed by atoms with van der Waals surface area (Å²) in [6, 6.07) is 9.70. The molecule has 31 heavy (non-hydrogen) atoms. The zero-order valence-corrected chi connectivity index (χ0v) is 18.1. The summed E-state index contributed by atoms with van der Waals surface area (Å²) in [5.41, 5.74) is 4.40. The van der Waals surface area contributed by atoms with Gasteiger partial charge in [-0.05, 0) is 37.7 Å². The number of ketones is 1. The van der Waals surface area contributed by atoms with Crippen molar-refractivity contribution in [3.05, 3.63) is 48.0 Å². The SMILES string of the molecule is CCC(=O)CCCC/C(=N/NC(=O)CCCCCN1C(=O)C=CC1=O)c1ccccc1. The van der Waals surface area contributed by atoms with Gasteiger partial charge < -0.3 is 0 Å². The van der Waals surface area contributed by atoms with Crippen LogP contribution in [0.5, 0.6) is 0 Å². The number of nitrogens with zero attached hydrogens (tertiary/aromatic N) is 2. The summed E-state index contributed by atoms with van der Waals surface area (Å²) in [5, 5.41) is 4.34. The Hall–Kier alpha value is -3.09. The molecule has 0 bridgehead atoms. The number of carbonyl (C=O) groups is 4. The molecular formula is C24H31N3O4. The van der Waals surface area contributed by atoms with E-state index in [-0.39, 0.29) is 23.5 Å². The van der Waals surface area contributed by atoms with Crippen LogP contribution in [-0.4, -0.2) is 40.7 Å². The third kappa shape index (κ3) is 8.66. The molecule has 2 rings (SSSR count). The smallest absolute Gasteiger partial charge is 0.253 e. The highest BCUT2D eigenvalue weighted by molar-refractivity contribution is 6.12. The molecule has 0 aliphatic carbocycles. The molecule has 0 fully saturated rings. The molecule has 1 heterocycles. The van der Waals surface area contributed by atoms with Gasteiger partial charge >= 0.3 is 0 Å². The number of Topliss-reactive ketones (excluding diaryl/α,β-unsaturated/α-hetero) is 1. The van der Waals surface area contributed by atoms with E-state index in [1.807, 2.05) is 37.3 Å². The predicted octanol–water partition coefficient (Wildman–Crippen LogP) is 3.53. The first-order chi connectivity index (χ1) is 15.0. The number of benzene rings is 1. The van der Waals surface area contributed by atoms with Gasteiger partial charge in [0.05, 0.1) is 5.71 Å². The van der Waals surface area contributed by atoms with Crippen molar-refractivity contribution >= 4 is 29.2 Å². The summed E-state index contributed by atoms with van der Waals surface area (Å²) < 4.78 is 0. The lowest BCUT2D eigenvalue weighted by Crippen LogP contribution is -2.30. The molecule has 1 N–H and O–H groups in total. The minimum absolute atomic E-state index is 0.162. The standard InChI is InChI=1S/C24H31N3O4/c1-2-20(28)13-8-9-14-21(19-11-5-3-6-12-19)25-26-22(29)15-7-4-10-18-27-23(30)16-17-24(27)31/h3,5-6,11-12,16-17H,2,4,7-10,13-15,18H2,1H3,(H,26,29)/b25-21-. The van der Waals surface area contributed by atoms with Gasteiger partial charge in [-0.15, -0.1) is 0 Å². The Morgan fingerprint density at radius 3 is 2.19 bits per heavy atom. The highest BCUT2D eigenvalue weighted by Gasteiger charge is 2.22. The lowest BCUT2D eigenvalue weighted by atomic mass is 10.0. The summed E-state index contributed by atoms with van der Waals surface area (Å²) in [5.74, 6) is -0.444. The molecule has 0 saturated heterocycles. The number of imide groups is 1. The molecule has 166 valence electrons. The van der Waals surface area contributed by atoms with Gasteiger partial charge in [0.25, 0.3) is 11.8 Å². The molecule has 1 aliphatic rings. The van der Waals surface area contributed by atoms with Gasteiger partial charge in [-0.2, -0.15) is 5.10 Å². The highest BCUT2D eigenvalue weighted by Crippen LogP contribution is 2.11. The second kappa shape index (κ2) is 13.3. The maximum absolute atomic E-state index is 12.2. The normalized spacial score (nSPS) is 13.7. The van der Waals surface area contributed by atoms with Gasteiger partial charge in [0.1, 0.15) is 5.78 Å². The number of rotatable bonds is 14. The third-order valence-corrected chi connectivity index (χ3v) is 5.12. The minimum Gasteiger partial charge on any atom is -0.300 e. The summed E-state index contributed by atoms with van der Waals surface area (Å²) in [6.07, 6.45) is 8.43. The van der Waals surface area contributed by atoms with Gasteiger partial charge in [-0.25, -0.2) is 5.43 Å². The maximum atomic E-state index is 12.2. The molecule has 0 unspecified atom stereocenters. The highest BCUT2D eigenvalue weighted by atomic mass is 16.2. The summed E-state index contributed by atoms with van der Waals surface area (Å²) in [4.78, 5) is 47.8. The van der Waals surface area contributed by atoms with E-state index in [4.69, 9.17) is 0 Å². The number of amides is 3. The fourth-order valence-electron chi connectivity index (χ4n) is 3.26. The molecule has 7 heteroatoms. The van der Waals surface area contributed by atoms with Crippen LogP contribution < -0.4 is 5.43 Å². The number of unbranched alkanes of at least 4 members (excludes halogenated alkanes) is 3. The van der Waals surface area contributed by atoms with Gasteiger partial charge in [0, 0.05) is 38.0 Å². The van der Waals surface area contributed by atoms with E-state index < -0.39 is 0 Å². The molecule has 0 aromatic heterocycles. The van der Waals surface area contributed by atoms with Gasteiger partial charge in [0.2, 0.25) is 5.91 Å². The van der Waals surface area contributed by atoms with Crippen molar-refractivity contribution in [2.75, 3.05) is 6.54 Å². The number of carbonyl (C=O) groups excluding carboxylic acids is 4. The van der Waals surface area contributed by atoms with Gasteiger partial charge in [-0.3, -0.25) is 24.1 Å². The molecule has 1 aromatic carbocycles. The van der Waals surface area contributed by atoms with Crippen LogP contribution in [0.25, 0.3) is 0 Å². The first-order valence-electron chi connectivity index (χ1n) is 11.0. The lowest BCUT2D eigenvalue weighted by Gasteiger charge is -2.13. The van der Waals surface area contributed by atoms with E-state index >= 15 is 0 Å². The number of hydrazone groups is 1. The average Bonchev–Trinajstić information content (AvgIpc) is 3.10. The number of hydrogen-bond donors (Lipinski definition) is 1. The Bertz CT molecular complexity index is 812. The van der Waals surface area contributed by atoms with Crippen molar-refractivity contribution in [3.63, 3.8) is 0 Å². The van der Waals surface area contributed by atoms with Crippen molar-refractivity contribution in [1.29, 1.82) is 0 Å². The second-order valence-corrected chi connectivity index (χ2v) is 7.53. The zero-order valence-electron chi connectivity index (χ0n) is 18.1. The monoisotopic (exact) mass is 425 g/mol.